The highest BCUT2D eigenvalue weighted by Crippen LogP contribution is 2.31. The molecule has 27 heavy (non-hydrogen) atoms. The Balaban J connectivity index is 1.74. The van der Waals surface area contributed by atoms with Crippen molar-refractivity contribution in [1.82, 2.24) is 4.90 Å². The van der Waals surface area contributed by atoms with Gasteiger partial charge in [0.1, 0.15) is 5.69 Å². The highest BCUT2D eigenvalue weighted by molar-refractivity contribution is 5.96. The summed E-state index contributed by atoms with van der Waals surface area (Å²) in [5.74, 6) is -0.709. The van der Waals surface area contributed by atoms with E-state index in [0.29, 0.717) is 57.9 Å². The monoisotopic (exact) mass is 377 g/mol. The van der Waals surface area contributed by atoms with Crippen LogP contribution in [0.25, 0.3) is 0 Å². The van der Waals surface area contributed by atoms with Crippen LogP contribution in [0.2, 0.25) is 0 Å². The number of carbonyl (C=O) groups excluding carboxylic acids is 2. The Hall–Kier alpha value is -2.68. The van der Waals surface area contributed by atoms with Gasteiger partial charge in [-0.15, -0.1) is 0 Å². The average Bonchev–Trinajstić information content (AvgIpc) is 2.73. The third kappa shape index (κ3) is 4.19. The number of rotatable bonds is 4. The van der Waals surface area contributed by atoms with E-state index in [1.54, 1.807) is 17.0 Å². The van der Waals surface area contributed by atoms with Crippen molar-refractivity contribution in [2.24, 2.45) is 5.92 Å². The van der Waals surface area contributed by atoms with Gasteiger partial charge >= 0.3 is 5.97 Å². The smallest absolute Gasteiger partial charge is 0.308 e. The molecule has 0 unspecified atom stereocenters. The molecule has 2 saturated heterocycles. The number of anilines is 1. The molecule has 2 aliphatic heterocycles. The summed E-state index contributed by atoms with van der Waals surface area (Å²) < 4.78 is 10.0. The number of nitro benzene ring substituents is 1. The molecule has 0 spiro atoms. The van der Waals surface area contributed by atoms with Crippen molar-refractivity contribution in [3.05, 3.63) is 33.9 Å². The lowest BCUT2D eigenvalue weighted by atomic mass is 9.96. The number of methoxy groups -OCH3 is 1. The van der Waals surface area contributed by atoms with Crippen LogP contribution < -0.4 is 4.90 Å². The Labute approximate surface area is 157 Å². The van der Waals surface area contributed by atoms with Crippen LogP contribution in [0.4, 0.5) is 11.4 Å². The highest BCUT2D eigenvalue weighted by Gasteiger charge is 2.30. The number of piperidine rings is 1. The fraction of sp³-hybridized carbons (Fsp3) is 0.556. The van der Waals surface area contributed by atoms with Crippen molar-refractivity contribution in [3.8, 4) is 0 Å². The normalized spacial score (nSPS) is 18.3. The van der Waals surface area contributed by atoms with Gasteiger partial charge in [-0.3, -0.25) is 19.7 Å². The van der Waals surface area contributed by atoms with Gasteiger partial charge in [-0.05, 0) is 25.0 Å². The summed E-state index contributed by atoms with van der Waals surface area (Å²) in [5, 5.41) is 11.5. The Kier molecular flexibility index (Phi) is 5.90. The molecule has 0 atom stereocenters. The van der Waals surface area contributed by atoms with Gasteiger partial charge in [0.15, 0.2) is 0 Å². The third-order valence-corrected chi connectivity index (χ3v) is 5.09. The molecule has 146 valence electrons. The van der Waals surface area contributed by atoms with E-state index in [0.717, 1.165) is 0 Å². The number of amides is 1. The van der Waals surface area contributed by atoms with E-state index >= 15 is 0 Å². The van der Waals surface area contributed by atoms with Crippen LogP contribution in [0.1, 0.15) is 23.2 Å². The summed E-state index contributed by atoms with van der Waals surface area (Å²) in [6.45, 7) is 3.06. The molecule has 2 fully saturated rings. The highest BCUT2D eigenvalue weighted by atomic mass is 16.6. The zero-order valence-electron chi connectivity index (χ0n) is 15.3. The first kappa shape index (κ1) is 19.1. The van der Waals surface area contributed by atoms with E-state index < -0.39 is 4.92 Å². The molecule has 2 heterocycles. The van der Waals surface area contributed by atoms with E-state index in [2.05, 4.69) is 0 Å². The molecule has 0 bridgehead atoms. The average molecular weight is 377 g/mol. The van der Waals surface area contributed by atoms with Gasteiger partial charge < -0.3 is 19.3 Å². The molecule has 1 aromatic rings. The maximum absolute atomic E-state index is 12.8. The zero-order valence-corrected chi connectivity index (χ0v) is 15.3. The lowest BCUT2D eigenvalue weighted by Crippen LogP contribution is -2.40. The maximum Gasteiger partial charge on any atom is 0.308 e. The summed E-state index contributed by atoms with van der Waals surface area (Å²) in [6, 6.07) is 4.62. The number of hydrogen-bond acceptors (Lipinski definition) is 7. The van der Waals surface area contributed by atoms with Crippen molar-refractivity contribution in [2.45, 2.75) is 12.8 Å². The second kappa shape index (κ2) is 8.34. The topological polar surface area (TPSA) is 102 Å². The Morgan fingerprint density at radius 3 is 2.44 bits per heavy atom. The number of carbonyl (C=O) groups is 2. The number of hydrogen-bond donors (Lipinski definition) is 0. The Morgan fingerprint density at radius 2 is 1.85 bits per heavy atom. The van der Waals surface area contributed by atoms with E-state index in [4.69, 9.17) is 9.47 Å². The molecule has 0 aliphatic carbocycles. The molecular weight excluding hydrogens is 354 g/mol. The van der Waals surface area contributed by atoms with Crippen LogP contribution in [0.15, 0.2) is 18.2 Å². The molecule has 3 rings (SSSR count). The second-order valence-corrected chi connectivity index (χ2v) is 6.65. The summed E-state index contributed by atoms with van der Waals surface area (Å²) in [5.41, 5.74) is 0.715. The van der Waals surface area contributed by atoms with Gasteiger partial charge in [-0.1, -0.05) is 0 Å². The molecule has 9 heteroatoms. The summed E-state index contributed by atoms with van der Waals surface area (Å²) >= 11 is 0. The van der Waals surface area contributed by atoms with E-state index in [1.165, 1.54) is 13.2 Å². The SMILES string of the molecule is COC(=O)C1CCN(C(=O)c2ccc(N3CCOCC3)c([N+](=O)[O-])c2)CC1. The molecule has 1 aromatic carbocycles. The van der Waals surface area contributed by atoms with Gasteiger partial charge in [0.2, 0.25) is 0 Å². The summed E-state index contributed by atoms with van der Waals surface area (Å²) in [4.78, 5) is 39.0. The van der Waals surface area contributed by atoms with Crippen LogP contribution in [-0.2, 0) is 14.3 Å². The number of nitro groups is 1. The van der Waals surface area contributed by atoms with Gasteiger partial charge in [-0.25, -0.2) is 0 Å². The molecule has 2 aliphatic rings. The van der Waals surface area contributed by atoms with E-state index in [1.807, 2.05) is 4.90 Å². The summed E-state index contributed by atoms with van der Waals surface area (Å²) in [6.07, 6.45) is 1.07. The van der Waals surface area contributed by atoms with Gasteiger partial charge in [0.25, 0.3) is 11.6 Å². The maximum atomic E-state index is 12.8. The van der Waals surface area contributed by atoms with Crippen LogP contribution >= 0.6 is 0 Å². The van der Waals surface area contributed by atoms with Crippen molar-refractivity contribution in [1.29, 1.82) is 0 Å². The fourth-order valence-electron chi connectivity index (χ4n) is 3.54. The van der Waals surface area contributed by atoms with Crippen LogP contribution in [0.5, 0.6) is 0 Å². The number of esters is 1. The number of nitrogens with zero attached hydrogens (tertiary/aromatic N) is 3. The minimum absolute atomic E-state index is 0.0767. The number of benzene rings is 1. The first-order chi connectivity index (χ1) is 13.0. The molecule has 9 nitrogen and oxygen atoms in total. The van der Waals surface area contributed by atoms with Crippen molar-refractivity contribution in [2.75, 3.05) is 51.4 Å². The van der Waals surface area contributed by atoms with Crippen LogP contribution in [0, 0.1) is 16.0 Å². The molecular formula is C18H23N3O6. The predicted octanol–water partition coefficient (Wildman–Crippen LogP) is 1.46. The standard InChI is InChI=1S/C18H23N3O6/c1-26-18(23)13-4-6-20(7-5-13)17(22)14-2-3-15(16(12-14)21(24)25)19-8-10-27-11-9-19/h2-3,12-13H,4-11H2,1H3. The van der Waals surface area contributed by atoms with E-state index in [9.17, 15) is 19.7 Å². The largest absolute Gasteiger partial charge is 0.469 e. The number of morpholine rings is 1. The minimum atomic E-state index is -0.453. The zero-order chi connectivity index (χ0) is 19.4. The quantitative estimate of drug-likeness (QED) is 0.445. The van der Waals surface area contributed by atoms with Gasteiger partial charge in [0.05, 0.1) is 31.2 Å². The first-order valence-electron chi connectivity index (χ1n) is 8.99. The van der Waals surface area contributed by atoms with Gasteiger partial charge in [-0.2, -0.15) is 0 Å². The lowest BCUT2D eigenvalue weighted by Gasteiger charge is -2.31. The second-order valence-electron chi connectivity index (χ2n) is 6.65. The van der Waals surface area contributed by atoms with Crippen LogP contribution in [-0.4, -0.2) is 68.2 Å². The third-order valence-electron chi connectivity index (χ3n) is 5.09. The van der Waals surface area contributed by atoms with Crippen LogP contribution in [0.3, 0.4) is 0 Å². The first-order valence-corrected chi connectivity index (χ1v) is 8.99. The minimum Gasteiger partial charge on any atom is -0.469 e. The molecule has 0 aromatic heterocycles. The Morgan fingerprint density at radius 1 is 1.19 bits per heavy atom. The fourth-order valence-corrected chi connectivity index (χ4v) is 3.54. The lowest BCUT2D eigenvalue weighted by molar-refractivity contribution is -0.384. The molecule has 0 radical (unpaired) electrons. The predicted molar refractivity (Wildman–Crippen MR) is 96.8 cm³/mol. The molecule has 0 N–H and O–H groups in total. The van der Waals surface area contributed by atoms with Crippen molar-refractivity contribution in [3.63, 3.8) is 0 Å². The number of ether oxygens (including phenoxy) is 2. The van der Waals surface area contributed by atoms with Gasteiger partial charge in [0, 0.05) is 37.8 Å². The Bertz CT molecular complexity index is 724. The molecule has 0 saturated carbocycles. The summed E-state index contributed by atoms with van der Waals surface area (Å²) in [7, 11) is 1.36. The van der Waals surface area contributed by atoms with Crippen molar-refractivity contribution >= 4 is 23.3 Å². The van der Waals surface area contributed by atoms with Crippen molar-refractivity contribution < 1.29 is 24.0 Å². The number of likely N-dealkylation sites (tertiary alicyclic amines) is 1. The van der Waals surface area contributed by atoms with E-state index in [-0.39, 0.29) is 29.0 Å². The molecule has 1 amide bonds.